The molecule has 10 heteroatoms. The van der Waals surface area contributed by atoms with Crippen LogP contribution in [-0.2, 0) is 31.3 Å². The van der Waals surface area contributed by atoms with Gasteiger partial charge < -0.3 is 19.7 Å². The summed E-state index contributed by atoms with van der Waals surface area (Å²) in [5.41, 5.74) is 5.60. The van der Waals surface area contributed by atoms with Crippen LogP contribution in [0.3, 0.4) is 0 Å². The zero-order valence-electron chi connectivity index (χ0n) is 27.7. The maximum absolute atomic E-state index is 14.0. The van der Waals surface area contributed by atoms with Crippen LogP contribution in [0.5, 0.6) is 0 Å². The van der Waals surface area contributed by atoms with Crippen LogP contribution in [0.2, 0.25) is 0 Å². The first-order valence-electron chi connectivity index (χ1n) is 17.1. The minimum absolute atomic E-state index is 0.0817. The monoisotopic (exact) mass is 664 g/mol. The Morgan fingerprint density at radius 2 is 1.59 bits per heavy atom. The summed E-state index contributed by atoms with van der Waals surface area (Å²) in [4.78, 5) is 39.4. The topological polar surface area (TPSA) is 93.8 Å². The highest BCUT2D eigenvalue weighted by Crippen LogP contribution is 2.44. The molecule has 4 aliphatic heterocycles. The number of sulfone groups is 1. The molecule has 2 amide bonds. The molecule has 1 unspecified atom stereocenters. The highest BCUT2D eigenvalue weighted by atomic mass is 32.2. The number of carbonyl (C=O) groups excluding carboxylic acids is 2. The number of amides is 2. The fourth-order valence-electron chi connectivity index (χ4n) is 8.53. The van der Waals surface area contributed by atoms with Crippen LogP contribution in [0.4, 0.5) is 0 Å². The maximum atomic E-state index is 14.0. The predicted octanol–water partition coefficient (Wildman–Crippen LogP) is 5.46. The van der Waals surface area contributed by atoms with Crippen molar-refractivity contribution >= 4 is 43.2 Å². The molecule has 2 aromatic heterocycles. The van der Waals surface area contributed by atoms with Crippen molar-refractivity contribution in [3.05, 3.63) is 45.8 Å². The van der Waals surface area contributed by atoms with E-state index in [0.29, 0.717) is 37.5 Å². The standard InChI is InChI=1S/C36H48N4O4S2/c1-23-17-24(2)19-26(18-23)33-29(10-12-38-11-9-25(22-38)20-32(41)39-13-15-46(43,44)16-14-39)30-21-31(45-34(30)37-33)36(3,4)35(42)40-27-5-6-28(40)8-7-27/h17-19,21,25,27-28,37H,5-16,20,22H2,1-4H3. The van der Waals surface area contributed by atoms with Crippen LogP contribution in [0.1, 0.15) is 73.9 Å². The third-order valence-electron chi connectivity index (χ3n) is 11.2. The number of hydrogen-bond donors (Lipinski definition) is 1. The number of aromatic amines is 1. The van der Waals surface area contributed by atoms with E-state index in [4.69, 9.17) is 0 Å². The molecule has 248 valence electrons. The van der Waals surface area contributed by atoms with Gasteiger partial charge >= 0.3 is 0 Å². The number of likely N-dealkylation sites (tertiary alicyclic amines) is 1. The molecule has 4 saturated heterocycles. The molecule has 7 rings (SSSR count). The van der Waals surface area contributed by atoms with Gasteiger partial charge in [-0.05, 0) is 108 Å². The molecule has 4 fully saturated rings. The van der Waals surface area contributed by atoms with Crippen molar-refractivity contribution in [2.75, 3.05) is 44.2 Å². The first kappa shape index (κ1) is 31.9. The molecule has 3 aromatic rings. The Morgan fingerprint density at radius 3 is 2.24 bits per heavy atom. The molecule has 46 heavy (non-hydrogen) atoms. The number of benzene rings is 1. The third-order valence-corrected chi connectivity index (χ3v) is 14.1. The number of carbonyl (C=O) groups is 2. The minimum Gasteiger partial charge on any atom is -0.346 e. The average Bonchev–Trinajstić information content (AvgIpc) is 3.82. The average molecular weight is 665 g/mol. The van der Waals surface area contributed by atoms with Crippen LogP contribution < -0.4 is 0 Å². The van der Waals surface area contributed by atoms with Crippen molar-refractivity contribution in [2.24, 2.45) is 5.92 Å². The van der Waals surface area contributed by atoms with Gasteiger partial charge in [0.1, 0.15) is 4.83 Å². The van der Waals surface area contributed by atoms with E-state index in [2.05, 4.69) is 66.7 Å². The second-order valence-corrected chi connectivity index (χ2v) is 18.3. The number of nitrogens with one attached hydrogen (secondary N) is 1. The lowest BCUT2D eigenvalue weighted by Crippen LogP contribution is -2.45. The van der Waals surface area contributed by atoms with Crippen LogP contribution in [0.25, 0.3) is 21.5 Å². The predicted molar refractivity (Wildman–Crippen MR) is 185 cm³/mol. The van der Waals surface area contributed by atoms with E-state index < -0.39 is 15.3 Å². The second kappa shape index (κ2) is 12.1. The SMILES string of the molecule is Cc1cc(C)cc(-c2[nH]c3sc(C(C)(C)C(=O)N4C5CCC4CC5)cc3c2CCN2CCC(CC(=O)N3CCS(=O)(=O)CC3)C2)c1. The highest BCUT2D eigenvalue weighted by molar-refractivity contribution is 7.91. The molecule has 8 nitrogen and oxygen atoms in total. The molecule has 0 aliphatic carbocycles. The normalized spacial score (nSPS) is 24.8. The Labute approximate surface area is 277 Å². The Kier molecular flexibility index (Phi) is 8.37. The minimum atomic E-state index is -3.00. The van der Waals surface area contributed by atoms with Gasteiger partial charge in [0.25, 0.3) is 0 Å². The Balaban J connectivity index is 1.09. The lowest BCUT2D eigenvalue weighted by molar-refractivity contribution is -0.137. The zero-order chi connectivity index (χ0) is 32.4. The van der Waals surface area contributed by atoms with E-state index >= 15 is 0 Å². The van der Waals surface area contributed by atoms with Crippen LogP contribution >= 0.6 is 11.3 Å². The van der Waals surface area contributed by atoms with Gasteiger partial charge in [0, 0.05) is 54.9 Å². The first-order valence-corrected chi connectivity index (χ1v) is 19.8. The van der Waals surface area contributed by atoms with Gasteiger partial charge in [0.15, 0.2) is 9.84 Å². The summed E-state index contributed by atoms with van der Waals surface area (Å²) in [5, 5.41) is 1.23. The summed E-state index contributed by atoms with van der Waals surface area (Å²) in [6.07, 6.45) is 6.96. The number of H-pyrrole nitrogens is 1. The zero-order valence-corrected chi connectivity index (χ0v) is 29.4. The van der Waals surface area contributed by atoms with Crippen molar-refractivity contribution in [3.63, 3.8) is 0 Å². The van der Waals surface area contributed by atoms with E-state index in [1.54, 1.807) is 16.2 Å². The van der Waals surface area contributed by atoms with Gasteiger partial charge in [0.2, 0.25) is 11.8 Å². The van der Waals surface area contributed by atoms with Crippen LogP contribution in [0.15, 0.2) is 24.3 Å². The molecule has 1 aromatic carbocycles. The summed E-state index contributed by atoms with van der Waals surface area (Å²) in [6.45, 7) is 11.9. The molecule has 4 aliphatic rings. The van der Waals surface area contributed by atoms with Crippen molar-refractivity contribution in [1.29, 1.82) is 0 Å². The molecule has 0 saturated carbocycles. The Hall–Kier alpha value is -2.69. The molecule has 1 atom stereocenters. The fraction of sp³-hybridized carbons (Fsp3) is 0.611. The summed E-state index contributed by atoms with van der Waals surface area (Å²) >= 11 is 1.73. The van der Waals surface area contributed by atoms with Gasteiger partial charge in [-0.3, -0.25) is 9.59 Å². The largest absolute Gasteiger partial charge is 0.346 e. The summed E-state index contributed by atoms with van der Waals surface area (Å²) in [6, 6.07) is 9.85. The van der Waals surface area contributed by atoms with Gasteiger partial charge in [-0.15, -0.1) is 11.3 Å². The second-order valence-electron chi connectivity index (χ2n) is 15.0. The van der Waals surface area contributed by atoms with E-state index in [1.165, 1.54) is 33.3 Å². The number of aromatic nitrogens is 1. The summed E-state index contributed by atoms with van der Waals surface area (Å²) in [5.74, 6) is 0.839. The fourth-order valence-corrected chi connectivity index (χ4v) is 10.9. The van der Waals surface area contributed by atoms with Gasteiger partial charge in [-0.25, -0.2) is 8.42 Å². The van der Waals surface area contributed by atoms with Crippen molar-refractivity contribution in [1.82, 2.24) is 19.7 Å². The number of aryl methyl sites for hydroxylation is 2. The number of rotatable bonds is 8. The molecule has 0 radical (unpaired) electrons. The quantitative estimate of drug-likeness (QED) is 0.346. The summed E-state index contributed by atoms with van der Waals surface area (Å²) < 4.78 is 23.6. The number of hydrogen-bond acceptors (Lipinski definition) is 6. The van der Waals surface area contributed by atoms with E-state index in [-0.39, 0.29) is 23.3 Å². The number of nitrogens with zero attached hydrogens (tertiary/aromatic N) is 3. The van der Waals surface area contributed by atoms with Gasteiger partial charge in [-0.1, -0.05) is 17.2 Å². The third kappa shape index (κ3) is 6.05. The van der Waals surface area contributed by atoms with E-state index in [0.717, 1.165) is 67.9 Å². The Bertz CT molecular complexity index is 1720. The smallest absolute Gasteiger partial charge is 0.233 e. The Morgan fingerprint density at radius 1 is 0.935 bits per heavy atom. The molecule has 6 heterocycles. The lowest BCUT2D eigenvalue weighted by Gasteiger charge is -2.31. The van der Waals surface area contributed by atoms with Gasteiger partial charge in [-0.2, -0.15) is 0 Å². The van der Waals surface area contributed by atoms with Crippen LogP contribution in [0, 0.1) is 19.8 Å². The number of thiophene rings is 1. The summed E-state index contributed by atoms with van der Waals surface area (Å²) in [7, 11) is -3.00. The maximum Gasteiger partial charge on any atom is 0.233 e. The molecule has 2 bridgehead atoms. The van der Waals surface area contributed by atoms with Gasteiger partial charge in [0.05, 0.1) is 22.6 Å². The molecular weight excluding hydrogens is 617 g/mol. The van der Waals surface area contributed by atoms with E-state index in [1.807, 2.05) is 0 Å². The van der Waals surface area contributed by atoms with Crippen LogP contribution in [-0.4, -0.2) is 96.2 Å². The van der Waals surface area contributed by atoms with Crippen molar-refractivity contribution in [3.8, 4) is 11.3 Å². The molecule has 1 N–H and O–H groups in total. The highest BCUT2D eigenvalue weighted by Gasteiger charge is 2.47. The molecule has 0 spiro atoms. The lowest BCUT2D eigenvalue weighted by atomic mass is 9.88. The van der Waals surface area contributed by atoms with Crippen molar-refractivity contribution < 1.29 is 18.0 Å². The van der Waals surface area contributed by atoms with E-state index in [9.17, 15) is 18.0 Å². The molecular formula is C36H48N4O4S2. The number of fused-ring (bicyclic) bond motifs is 3. The first-order chi connectivity index (χ1) is 21.9. The van der Waals surface area contributed by atoms with Crippen molar-refractivity contribution in [2.45, 2.75) is 90.1 Å².